The molecule has 0 rings (SSSR count). The van der Waals surface area contributed by atoms with E-state index in [1.165, 1.54) is 0 Å². The van der Waals surface area contributed by atoms with Crippen molar-refractivity contribution >= 4 is 0 Å². The third kappa shape index (κ3) is 13.8. The number of rotatable bonds is 11. The van der Waals surface area contributed by atoms with E-state index in [1.54, 1.807) is 21.0 Å². The fourth-order valence-electron chi connectivity index (χ4n) is 0.904. The quantitative estimate of drug-likeness (QED) is 0.528. The second-order valence-corrected chi connectivity index (χ2v) is 4.08. The van der Waals surface area contributed by atoms with Gasteiger partial charge in [-0.05, 0) is 13.8 Å². The second kappa shape index (κ2) is 9.99. The average Bonchev–Trinajstić information content (AvgIpc) is 2.19. The molecule has 0 aromatic rings. The van der Waals surface area contributed by atoms with Crippen LogP contribution in [-0.4, -0.2) is 64.1 Å². The van der Waals surface area contributed by atoms with Gasteiger partial charge >= 0.3 is 0 Å². The van der Waals surface area contributed by atoms with Crippen LogP contribution >= 0.6 is 0 Å². The number of hydrogen-bond donors (Lipinski definition) is 1. The normalized spacial score (nSPS) is 12.0. The van der Waals surface area contributed by atoms with Crippen LogP contribution in [0.2, 0.25) is 0 Å². The molecular formula is C11H24O5. The molecule has 0 aliphatic rings. The topological polar surface area (TPSA) is 57.2 Å². The number of aliphatic hydroxyl groups is 1. The molecule has 0 unspecified atom stereocenters. The van der Waals surface area contributed by atoms with Crippen molar-refractivity contribution in [2.24, 2.45) is 0 Å². The summed E-state index contributed by atoms with van der Waals surface area (Å²) in [6, 6.07) is 0. The Hall–Kier alpha value is -0.200. The van der Waals surface area contributed by atoms with E-state index < -0.39 is 5.60 Å². The minimum Gasteiger partial charge on any atom is -0.388 e. The molecule has 0 saturated carbocycles. The summed E-state index contributed by atoms with van der Waals surface area (Å²) in [6.07, 6.45) is 0. The van der Waals surface area contributed by atoms with Crippen molar-refractivity contribution < 1.29 is 24.1 Å². The molecule has 0 radical (unpaired) electrons. The first-order valence-corrected chi connectivity index (χ1v) is 5.51. The molecule has 1 N–H and O–H groups in total. The molecule has 98 valence electrons. The van der Waals surface area contributed by atoms with Gasteiger partial charge in [0, 0.05) is 7.11 Å². The van der Waals surface area contributed by atoms with Crippen LogP contribution in [0.15, 0.2) is 0 Å². The second-order valence-electron chi connectivity index (χ2n) is 4.08. The molecule has 0 aliphatic carbocycles. The van der Waals surface area contributed by atoms with Gasteiger partial charge in [0.05, 0.1) is 51.8 Å². The van der Waals surface area contributed by atoms with E-state index in [1.807, 2.05) is 0 Å². The fraction of sp³-hybridized carbons (Fsp3) is 1.00. The molecule has 5 heteroatoms. The average molecular weight is 236 g/mol. The summed E-state index contributed by atoms with van der Waals surface area (Å²) in [4.78, 5) is 0. The van der Waals surface area contributed by atoms with Crippen molar-refractivity contribution in [3.05, 3.63) is 0 Å². The Kier molecular flexibility index (Phi) is 9.86. The minimum absolute atomic E-state index is 0.320. The third-order valence-electron chi connectivity index (χ3n) is 1.63. The monoisotopic (exact) mass is 236 g/mol. The lowest BCUT2D eigenvalue weighted by Gasteiger charge is -2.16. The number of hydrogen-bond acceptors (Lipinski definition) is 5. The molecule has 5 nitrogen and oxygen atoms in total. The van der Waals surface area contributed by atoms with Gasteiger partial charge in [0.25, 0.3) is 0 Å². The Morgan fingerprint density at radius 1 is 0.812 bits per heavy atom. The largest absolute Gasteiger partial charge is 0.388 e. The SMILES string of the molecule is COCCOCCOCCOCC(C)(C)O. The molecule has 0 heterocycles. The summed E-state index contributed by atoms with van der Waals surface area (Å²) in [5.41, 5.74) is -0.775. The van der Waals surface area contributed by atoms with Crippen molar-refractivity contribution in [2.45, 2.75) is 19.4 Å². The van der Waals surface area contributed by atoms with Crippen molar-refractivity contribution in [3.63, 3.8) is 0 Å². The van der Waals surface area contributed by atoms with Crippen molar-refractivity contribution in [1.82, 2.24) is 0 Å². The van der Waals surface area contributed by atoms with Crippen LogP contribution in [-0.2, 0) is 18.9 Å². The maximum absolute atomic E-state index is 9.34. The first-order valence-electron chi connectivity index (χ1n) is 5.51. The van der Waals surface area contributed by atoms with Gasteiger partial charge in [-0.2, -0.15) is 0 Å². The Morgan fingerprint density at radius 2 is 1.25 bits per heavy atom. The van der Waals surface area contributed by atoms with Crippen molar-refractivity contribution in [3.8, 4) is 0 Å². The van der Waals surface area contributed by atoms with E-state index in [0.717, 1.165) is 0 Å². The first-order chi connectivity index (χ1) is 7.56. The Balaban J connectivity index is 2.99. The lowest BCUT2D eigenvalue weighted by molar-refractivity contribution is -0.0433. The zero-order chi connectivity index (χ0) is 12.3. The molecule has 0 aromatic carbocycles. The minimum atomic E-state index is -0.775. The molecular weight excluding hydrogens is 212 g/mol. The van der Waals surface area contributed by atoms with E-state index in [0.29, 0.717) is 46.2 Å². The molecule has 0 atom stereocenters. The van der Waals surface area contributed by atoms with Crippen LogP contribution in [0.3, 0.4) is 0 Å². The van der Waals surface area contributed by atoms with E-state index in [2.05, 4.69) is 0 Å². The van der Waals surface area contributed by atoms with E-state index in [9.17, 15) is 5.11 Å². The summed E-state index contributed by atoms with van der Waals surface area (Å²) in [5.74, 6) is 0. The molecule has 16 heavy (non-hydrogen) atoms. The summed E-state index contributed by atoms with van der Waals surface area (Å²) < 4.78 is 20.5. The maximum Gasteiger partial charge on any atom is 0.0824 e. The predicted molar refractivity (Wildman–Crippen MR) is 60.6 cm³/mol. The molecule has 0 spiro atoms. The van der Waals surface area contributed by atoms with Gasteiger partial charge in [-0.25, -0.2) is 0 Å². The highest BCUT2D eigenvalue weighted by Gasteiger charge is 2.11. The summed E-state index contributed by atoms with van der Waals surface area (Å²) >= 11 is 0. The highest BCUT2D eigenvalue weighted by Crippen LogP contribution is 2.00. The summed E-state index contributed by atoms with van der Waals surface area (Å²) in [5, 5.41) is 9.34. The van der Waals surface area contributed by atoms with E-state index >= 15 is 0 Å². The van der Waals surface area contributed by atoms with Gasteiger partial charge in [-0.3, -0.25) is 0 Å². The Labute approximate surface area is 97.6 Å². The first kappa shape index (κ1) is 15.8. The van der Waals surface area contributed by atoms with Crippen molar-refractivity contribution in [1.29, 1.82) is 0 Å². The van der Waals surface area contributed by atoms with Gasteiger partial charge in [0.1, 0.15) is 0 Å². The lowest BCUT2D eigenvalue weighted by Crippen LogP contribution is -2.27. The number of methoxy groups -OCH3 is 1. The Morgan fingerprint density at radius 3 is 1.69 bits per heavy atom. The smallest absolute Gasteiger partial charge is 0.0824 e. The van der Waals surface area contributed by atoms with Crippen LogP contribution in [0.4, 0.5) is 0 Å². The van der Waals surface area contributed by atoms with E-state index in [-0.39, 0.29) is 0 Å². The predicted octanol–water partition coefficient (Wildman–Crippen LogP) is 0.453. The van der Waals surface area contributed by atoms with Gasteiger partial charge in [-0.15, -0.1) is 0 Å². The molecule has 0 bridgehead atoms. The molecule has 0 aliphatic heterocycles. The molecule has 0 aromatic heterocycles. The van der Waals surface area contributed by atoms with Gasteiger partial charge in [0.15, 0.2) is 0 Å². The van der Waals surface area contributed by atoms with Crippen LogP contribution in [0, 0.1) is 0 Å². The zero-order valence-electron chi connectivity index (χ0n) is 10.5. The van der Waals surface area contributed by atoms with Gasteiger partial charge in [-0.1, -0.05) is 0 Å². The standard InChI is InChI=1S/C11H24O5/c1-11(2,12)10-16-9-8-15-7-6-14-5-4-13-3/h12H,4-10H2,1-3H3. The molecule has 0 fully saturated rings. The molecule has 0 amide bonds. The van der Waals surface area contributed by atoms with Crippen LogP contribution < -0.4 is 0 Å². The number of ether oxygens (including phenoxy) is 4. The molecule has 0 saturated heterocycles. The third-order valence-corrected chi connectivity index (χ3v) is 1.63. The summed E-state index contributed by atoms with van der Waals surface area (Å²) in [7, 11) is 1.64. The highest BCUT2D eigenvalue weighted by molar-refractivity contribution is 4.62. The lowest BCUT2D eigenvalue weighted by atomic mass is 10.2. The maximum atomic E-state index is 9.34. The van der Waals surface area contributed by atoms with Gasteiger partial charge in [0.2, 0.25) is 0 Å². The Bertz CT molecular complexity index is 144. The fourth-order valence-corrected chi connectivity index (χ4v) is 0.904. The van der Waals surface area contributed by atoms with Crippen LogP contribution in [0.25, 0.3) is 0 Å². The van der Waals surface area contributed by atoms with E-state index in [4.69, 9.17) is 18.9 Å². The highest BCUT2D eigenvalue weighted by atomic mass is 16.6. The van der Waals surface area contributed by atoms with Crippen LogP contribution in [0.1, 0.15) is 13.8 Å². The van der Waals surface area contributed by atoms with Gasteiger partial charge < -0.3 is 24.1 Å². The van der Waals surface area contributed by atoms with Crippen molar-refractivity contribution in [2.75, 3.05) is 53.4 Å². The van der Waals surface area contributed by atoms with Crippen LogP contribution in [0.5, 0.6) is 0 Å². The summed E-state index contributed by atoms with van der Waals surface area (Å²) in [6.45, 7) is 7.05. The zero-order valence-corrected chi connectivity index (χ0v) is 10.5.